The van der Waals surface area contributed by atoms with E-state index in [1.165, 1.54) is 24.1 Å². The van der Waals surface area contributed by atoms with Crippen molar-refractivity contribution in [2.45, 2.75) is 19.1 Å². The minimum Gasteiger partial charge on any atom is -0.339 e. The van der Waals surface area contributed by atoms with E-state index in [1.54, 1.807) is 4.90 Å². The molecule has 45 heavy (non-hydrogen) atoms. The second-order valence-electron chi connectivity index (χ2n) is 11.3. The van der Waals surface area contributed by atoms with Gasteiger partial charge in [-0.15, -0.1) is 0 Å². The van der Waals surface area contributed by atoms with Crippen molar-refractivity contribution >= 4 is 23.4 Å². The second kappa shape index (κ2) is 11.5. The van der Waals surface area contributed by atoms with Gasteiger partial charge in [-0.25, -0.2) is 18.2 Å². The molecule has 0 bridgehead atoms. The van der Waals surface area contributed by atoms with Crippen molar-refractivity contribution in [2.24, 2.45) is 24.8 Å². The van der Waals surface area contributed by atoms with E-state index in [2.05, 4.69) is 20.7 Å². The van der Waals surface area contributed by atoms with Gasteiger partial charge in [-0.2, -0.15) is 18.3 Å². The van der Waals surface area contributed by atoms with E-state index < -0.39 is 48.0 Å². The highest BCUT2D eigenvalue weighted by Gasteiger charge is 2.58. The maximum Gasteiger partial charge on any atom is 0.435 e. The third-order valence-electron chi connectivity index (χ3n) is 8.54. The topological polar surface area (TPSA) is 117 Å². The number of amides is 3. The van der Waals surface area contributed by atoms with E-state index in [4.69, 9.17) is 0 Å². The number of benzene rings is 1. The van der Waals surface area contributed by atoms with Gasteiger partial charge in [0.2, 0.25) is 5.91 Å². The van der Waals surface area contributed by atoms with Crippen LogP contribution in [0.4, 0.5) is 32.0 Å². The van der Waals surface area contributed by atoms with Gasteiger partial charge in [0, 0.05) is 51.0 Å². The molecule has 4 heterocycles. The van der Waals surface area contributed by atoms with Crippen molar-refractivity contribution in [3.63, 3.8) is 0 Å². The van der Waals surface area contributed by atoms with E-state index >= 15 is 4.39 Å². The Kier molecular flexibility index (Phi) is 7.82. The Labute approximate surface area is 252 Å². The predicted molar refractivity (Wildman–Crippen MR) is 146 cm³/mol. The molecule has 2 saturated heterocycles. The maximum absolute atomic E-state index is 15.1. The fourth-order valence-electron chi connectivity index (χ4n) is 6.17. The average molecular weight is 639 g/mol. The predicted octanol–water partition coefficient (Wildman–Crippen LogP) is 2.71. The fourth-order valence-corrected chi connectivity index (χ4v) is 6.17. The summed E-state index contributed by atoms with van der Waals surface area (Å²) in [7, 11) is 1.26. The molecule has 2 aromatic heterocycles. The third kappa shape index (κ3) is 5.87. The van der Waals surface area contributed by atoms with Crippen molar-refractivity contribution in [1.82, 2.24) is 34.4 Å². The summed E-state index contributed by atoms with van der Waals surface area (Å²) in [5.74, 6) is -1.80. The molecule has 2 N–H and O–H groups in total. The van der Waals surface area contributed by atoms with Gasteiger partial charge in [0.15, 0.2) is 11.5 Å². The number of carbonyl (C=O) groups excluding carboxylic acids is 3. The van der Waals surface area contributed by atoms with E-state index in [0.717, 1.165) is 36.1 Å². The van der Waals surface area contributed by atoms with Crippen LogP contribution in [0.1, 0.15) is 26.7 Å². The number of hydrogen-bond donors (Lipinski definition) is 2. The number of aromatic nitrogens is 4. The van der Waals surface area contributed by atoms with E-state index in [9.17, 15) is 36.3 Å². The zero-order valence-corrected chi connectivity index (χ0v) is 23.8. The van der Waals surface area contributed by atoms with Gasteiger partial charge in [-0.05, 0) is 43.1 Å². The molecule has 3 aromatic rings. The number of hydrogen-bond acceptors (Lipinski definition) is 6. The summed E-state index contributed by atoms with van der Waals surface area (Å²) in [4.78, 5) is 45.9. The number of alkyl halides is 5. The van der Waals surface area contributed by atoms with E-state index in [1.807, 2.05) is 0 Å². The van der Waals surface area contributed by atoms with Crippen molar-refractivity contribution in [3.05, 3.63) is 53.5 Å². The van der Waals surface area contributed by atoms with Gasteiger partial charge in [-0.1, -0.05) is 0 Å². The van der Waals surface area contributed by atoms with Gasteiger partial charge < -0.3 is 25.0 Å². The molecule has 1 aromatic carbocycles. The highest BCUT2D eigenvalue weighted by atomic mass is 19.4. The molecule has 0 radical (unpaired) electrons. The molecule has 0 spiro atoms. The molecule has 1 aliphatic carbocycles. The standard InChI is InChI=1S/C28H28F6N8O3/c1-39-20(18-12-42(13-21(30)31)38-23(18)28(32,33)34)11-36-24(39)25(43)37-14-2-3-15(19(29)8-14)26(44)40-4-6-41(7-5-40)27(45)22-16-9-35-10-17(16)22/h2-3,8,11-12,16-17,21-22,35H,4-7,9-10,13H2,1H3,(H,37,43). The summed E-state index contributed by atoms with van der Waals surface area (Å²) in [5.41, 5.74) is -2.45. The van der Waals surface area contributed by atoms with E-state index in [-0.39, 0.29) is 47.7 Å². The van der Waals surface area contributed by atoms with Gasteiger partial charge in [0.1, 0.15) is 12.4 Å². The van der Waals surface area contributed by atoms with Crippen LogP contribution in [0.5, 0.6) is 0 Å². The highest BCUT2D eigenvalue weighted by molar-refractivity contribution is 6.03. The molecule has 2 unspecified atom stereocenters. The largest absolute Gasteiger partial charge is 0.435 e. The van der Waals surface area contributed by atoms with Gasteiger partial charge in [0.05, 0.1) is 23.0 Å². The summed E-state index contributed by atoms with van der Waals surface area (Å²) in [6.45, 7) is 1.84. The number of piperidine rings is 1. The number of nitrogens with one attached hydrogen (secondary N) is 2. The number of carbonyl (C=O) groups is 3. The van der Waals surface area contributed by atoms with Crippen LogP contribution in [0.2, 0.25) is 0 Å². The number of piperazine rings is 1. The SMILES string of the molecule is Cn1c(-c2cn(CC(F)F)nc2C(F)(F)F)cnc1C(=O)Nc1ccc(C(=O)N2CCN(C(=O)C3C4CNCC43)CC2)c(F)c1. The van der Waals surface area contributed by atoms with Gasteiger partial charge >= 0.3 is 6.18 Å². The second-order valence-corrected chi connectivity index (χ2v) is 11.3. The zero-order valence-electron chi connectivity index (χ0n) is 23.8. The molecular formula is C28H28F6N8O3. The van der Waals surface area contributed by atoms with Crippen LogP contribution in [-0.4, -0.2) is 92.5 Å². The number of imidazole rings is 1. The Morgan fingerprint density at radius 1 is 1.07 bits per heavy atom. The Bertz CT molecular complexity index is 1630. The molecule has 2 atom stereocenters. The summed E-state index contributed by atoms with van der Waals surface area (Å²) in [5, 5.41) is 8.89. The Morgan fingerprint density at radius 3 is 2.36 bits per heavy atom. The molecule has 6 rings (SSSR count). The number of halogens is 6. The molecule has 3 aliphatic rings. The Balaban J connectivity index is 1.10. The maximum atomic E-state index is 15.1. The van der Waals surface area contributed by atoms with E-state index in [0.29, 0.717) is 29.6 Å². The first-order chi connectivity index (χ1) is 21.3. The third-order valence-corrected chi connectivity index (χ3v) is 8.54. The first kappa shape index (κ1) is 30.6. The van der Waals surface area contributed by atoms with Crippen LogP contribution >= 0.6 is 0 Å². The zero-order chi connectivity index (χ0) is 32.2. The number of anilines is 1. The van der Waals surface area contributed by atoms with Crippen molar-refractivity contribution in [1.29, 1.82) is 0 Å². The molecule has 17 heteroatoms. The van der Waals surface area contributed by atoms with Crippen molar-refractivity contribution < 1.29 is 40.7 Å². The van der Waals surface area contributed by atoms with Gasteiger partial charge in [-0.3, -0.25) is 19.1 Å². The van der Waals surface area contributed by atoms with Gasteiger partial charge in [0.25, 0.3) is 18.2 Å². The minimum absolute atomic E-state index is 0.0420. The molecule has 3 fully saturated rings. The lowest BCUT2D eigenvalue weighted by molar-refractivity contribution is -0.141. The number of nitrogens with zero attached hydrogens (tertiary/aromatic N) is 6. The molecule has 3 amide bonds. The van der Waals surface area contributed by atoms with Crippen LogP contribution in [0, 0.1) is 23.6 Å². The molecule has 2 aliphatic heterocycles. The lowest BCUT2D eigenvalue weighted by Crippen LogP contribution is -2.51. The monoisotopic (exact) mass is 638 g/mol. The minimum atomic E-state index is -4.97. The molecule has 240 valence electrons. The van der Waals surface area contributed by atoms with Crippen LogP contribution in [0.25, 0.3) is 11.3 Å². The average Bonchev–Trinajstić information content (AvgIpc) is 3.35. The van der Waals surface area contributed by atoms with Crippen LogP contribution in [-0.2, 0) is 24.6 Å². The summed E-state index contributed by atoms with van der Waals surface area (Å²) >= 11 is 0. The molecule has 11 nitrogen and oxygen atoms in total. The van der Waals surface area contributed by atoms with Crippen LogP contribution in [0.3, 0.4) is 0 Å². The Hall–Kier alpha value is -4.41. The number of rotatable bonds is 7. The highest BCUT2D eigenvalue weighted by Crippen LogP contribution is 2.49. The lowest BCUT2D eigenvalue weighted by atomic mass is 10.1. The smallest absolute Gasteiger partial charge is 0.339 e. The number of fused-ring (bicyclic) bond motifs is 1. The molecular weight excluding hydrogens is 610 g/mol. The summed E-state index contributed by atoms with van der Waals surface area (Å²) in [6.07, 6.45) is -6.15. The summed E-state index contributed by atoms with van der Waals surface area (Å²) < 4.78 is 82.8. The fraction of sp³-hybridized carbons (Fsp3) is 0.464. The van der Waals surface area contributed by atoms with Crippen LogP contribution < -0.4 is 10.6 Å². The first-order valence-electron chi connectivity index (χ1n) is 14.2. The normalized spacial score (nSPS) is 21.3. The quantitative estimate of drug-likeness (QED) is 0.385. The lowest BCUT2D eigenvalue weighted by Gasteiger charge is -2.35. The van der Waals surface area contributed by atoms with Crippen molar-refractivity contribution in [3.8, 4) is 11.3 Å². The molecule has 1 saturated carbocycles. The Morgan fingerprint density at radius 2 is 1.73 bits per heavy atom. The van der Waals surface area contributed by atoms with Crippen LogP contribution in [0.15, 0.2) is 30.6 Å². The van der Waals surface area contributed by atoms with Crippen molar-refractivity contribution in [2.75, 3.05) is 44.6 Å². The first-order valence-corrected chi connectivity index (χ1v) is 14.2. The summed E-state index contributed by atoms with van der Waals surface area (Å²) in [6, 6.07) is 3.44.